The summed E-state index contributed by atoms with van der Waals surface area (Å²) in [7, 11) is 3.36. The van der Waals surface area contributed by atoms with Crippen LogP contribution in [0, 0.1) is 0 Å². The maximum absolute atomic E-state index is 5.96. The van der Waals surface area contributed by atoms with E-state index < -0.39 is 0 Å². The lowest BCUT2D eigenvalue weighted by Gasteiger charge is -2.27. The first-order chi connectivity index (χ1) is 21.8. The Bertz CT molecular complexity index is 1320. The normalized spacial score (nSPS) is 17.6. The number of para-hydroxylation sites is 2. The molecule has 0 saturated heterocycles. The van der Waals surface area contributed by atoms with Gasteiger partial charge in [0.15, 0.2) is 12.3 Å². The Balaban J connectivity index is 1.50. The zero-order valence-electron chi connectivity index (χ0n) is 28.2. The van der Waals surface area contributed by atoms with Crippen molar-refractivity contribution in [1.82, 2.24) is 0 Å². The van der Waals surface area contributed by atoms with Crippen LogP contribution in [0.2, 0.25) is 0 Å². The zero-order chi connectivity index (χ0) is 32.1. The fraction of sp³-hybridized carbons (Fsp3) is 0.541. The van der Waals surface area contributed by atoms with Gasteiger partial charge in [-0.15, -0.1) is 0 Å². The summed E-state index contributed by atoms with van der Waals surface area (Å²) in [6.45, 7) is 16.6. The molecule has 4 rings (SSSR count). The summed E-state index contributed by atoms with van der Waals surface area (Å²) in [5.74, 6) is 0. The quantitative estimate of drug-likeness (QED) is 0.140. The van der Waals surface area contributed by atoms with Crippen molar-refractivity contribution in [1.29, 1.82) is 0 Å². The van der Waals surface area contributed by atoms with Crippen LogP contribution < -0.4 is 4.90 Å². The number of anilines is 1. The van der Waals surface area contributed by atoms with E-state index in [4.69, 9.17) is 28.4 Å². The maximum Gasteiger partial charge on any atom is 0.209 e. The van der Waals surface area contributed by atoms with Gasteiger partial charge in [-0.3, -0.25) is 0 Å². The molecule has 2 heterocycles. The highest BCUT2D eigenvalue weighted by Crippen LogP contribution is 2.47. The lowest BCUT2D eigenvalue weighted by Crippen LogP contribution is -2.30. The molecule has 8 nitrogen and oxygen atoms in total. The van der Waals surface area contributed by atoms with Gasteiger partial charge in [-0.1, -0.05) is 56.3 Å². The Labute approximate surface area is 270 Å². The molecule has 246 valence electrons. The minimum atomic E-state index is -0.137. The Hall–Kier alpha value is -2.85. The molecule has 0 fully saturated rings. The van der Waals surface area contributed by atoms with Gasteiger partial charge in [-0.05, 0) is 31.6 Å². The molecule has 2 aliphatic heterocycles. The van der Waals surface area contributed by atoms with Crippen molar-refractivity contribution in [3.8, 4) is 0 Å². The molecule has 0 N–H and O–H groups in total. The van der Waals surface area contributed by atoms with Crippen molar-refractivity contribution in [2.24, 2.45) is 0 Å². The highest BCUT2D eigenvalue weighted by molar-refractivity contribution is 6.03. The van der Waals surface area contributed by atoms with Gasteiger partial charge in [0.1, 0.15) is 6.61 Å². The summed E-state index contributed by atoms with van der Waals surface area (Å²) >= 11 is 0. The summed E-state index contributed by atoms with van der Waals surface area (Å²) in [4.78, 5) is 2.41. The number of hydrogen-bond acceptors (Lipinski definition) is 7. The van der Waals surface area contributed by atoms with Gasteiger partial charge in [-0.25, -0.2) is 0 Å². The Kier molecular flexibility index (Phi) is 13.4. The van der Waals surface area contributed by atoms with E-state index in [2.05, 4.69) is 104 Å². The first-order valence-corrected chi connectivity index (χ1v) is 16.1. The molecule has 45 heavy (non-hydrogen) atoms. The largest absolute Gasteiger partial charge is 0.382 e. The van der Waals surface area contributed by atoms with Crippen molar-refractivity contribution >= 4 is 17.1 Å². The number of fused-ring (bicyclic) bond motifs is 2. The monoisotopic (exact) mass is 621 g/mol. The van der Waals surface area contributed by atoms with Crippen LogP contribution in [0.5, 0.6) is 0 Å². The van der Waals surface area contributed by atoms with Gasteiger partial charge in [0, 0.05) is 55.3 Å². The van der Waals surface area contributed by atoms with E-state index in [0.29, 0.717) is 66.1 Å². The van der Waals surface area contributed by atoms with Crippen LogP contribution in [0.15, 0.2) is 72.5 Å². The number of methoxy groups -OCH3 is 2. The van der Waals surface area contributed by atoms with Crippen LogP contribution in [0.4, 0.5) is 11.4 Å². The van der Waals surface area contributed by atoms with E-state index in [-0.39, 0.29) is 10.8 Å². The molecular weight excluding hydrogens is 568 g/mol. The lowest BCUT2D eigenvalue weighted by molar-refractivity contribution is -0.442. The summed E-state index contributed by atoms with van der Waals surface area (Å²) in [5.41, 5.74) is 7.40. The number of rotatable bonds is 20. The molecule has 0 aromatic heterocycles. The molecule has 0 bridgehead atoms. The van der Waals surface area contributed by atoms with Crippen molar-refractivity contribution in [3.63, 3.8) is 0 Å². The van der Waals surface area contributed by atoms with E-state index in [1.54, 1.807) is 14.2 Å². The molecule has 8 heteroatoms. The van der Waals surface area contributed by atoms with E-state index >= 15 is 0 Å². The van der Waals surface area contributed by atoms with E-state index in [1.807, 2.05) is 0 Å². The lowest BCUT2D eigenvalue weighted by atomic mass is 9.81. The maximum atomic E-state index is 5.96. The molecule has 0 radical (unpaired) electrons. The van der Waals surface area contributed by atoms with Crippen LogP contribution in [-0.4, -0.2) is 104 Å². The van der Waals surface area contributed by atoms with Crippen LogP contribution in [0.1, 0.15) is 38.8 Å². The topological polar surface area (TPSA) is 61.6 Å². The second-order valence-corrected chi connectivity index (χ2v) is 12.3. The molecule has 0 saturated carbocycles. The molecule has 0 unspecified atom stereocenters. The third-order valence-corrected chi connectivity index (χ3v) is 8.63. The SMILES string of the molecule is COCCOCCOCCN1/C(=C\C=C\C2=[N+](CCOCCOCCOC)c3ccccc3C2(C)C)C(C)(C)c2ccccc21. The van der Waals surface area contributed by atoms with E-state index in [9.17, 15) is 0 Å². The summed E-state index contributed by atoms with van der Waals surface area (Å²) in [6, 6.07) is 17.4. The van der Waals surface area contributed by atoms with Crippen LogP contribution >= 0.6 is 0 Å². The number of allylic oxidation sites excluding steroid dienone is 4. The van der Waals surface area contributed by atoms with E-state index in [0.717, 1.165) is 13.1 Å². The first kappa shape index (κ1) is 35.0. The molecular formula is C37H53N2O6+. The van der Waals surface area contributed by atoms with Gasteiger partial charge in [0.2, 0.25) is 5.69 Å². The summed E-state index contributed by atoms with van der Waals surface area (Å²) in [5, 5.41) is 0. The number of benzene rings is 2. The summed E-state index contributed by atoms with van der Waals surface area (Å²) in [6.07, 6.45) is 6.79. The van der Waals surface area contributed by atoms with Gasteiger partial charge in [-0.2, -0.15) is 4.58 Å². The molecule has 0 aliphatic carbocycles. The van der Waals surface area contributed by atoms with Gasteiger partial charge in [0.05, 0.1) is 64.9 Å². The minimum Gasteiger partial charge on any atom is -0.382 e. The average molecular weight is 622 g/mol. The van der Waals surface area contributed by atoms with Crippen molar-refractivity contribution in [3.05, 3.63) is 83.6 Å². The predicted octanol–water partition coefficient (Wildman–Crippen LogP) is 5.66. The predicted molar refractivity (Wildman–Crippen MR) is 180 cm³/mol. The van der Waals surface area contributed by atoms with Crippen molar-refractivity contribution in [2.75, 3.05) is 98.3 Å². The van der Waals surface area contributed by atoms with Gasteiger partial charge in [0.25, 0.3) is 0 Å². The molecule has 2 aromatic rings. The Morgan fingerprint density at radius 3 is 1.87 bits per heavy atom. The number of ether oxygens (including phenoxy) is 6. The van der Waals surface area contributed by atoms with Crippen LogP contribution in [-0.2, 0) is 39.3 Å². The third kappa shape index (κ3) is 8.70. The smallest absolute Gasteiger partial charge is 0.209 e. The fourth-order valence-electron chi connectivity index (χ4n) is 6.23. The Morgan fingerprint density at radius 2 is 1.20 bits per heavy atom. The molecule has 0 spiro atoms. The van der Waals surface area contributed by atoms with Crippen molar-refractivity contribution in [2.45, 2.75) is 38.5 Å². The second-order valence-electron chi connectivity index (χ2n) is 12.3. The zero-order valence-corrected chi connectivity index (χ0v) is 28.2. The number of hydrogen-bond donors (Lipinski definition) is 0. The van der Waals surface area contributed by atoms with Gasteiger partial charge < -0.3 is 33.3 Å². The first-order valence-electron chi connectivity index (χ1n) is 16.1. The second kappa shape index (κ2) is 17.2. The highest BCUT2D eigenvalue weighted by atomic mass is 16.5. The molecule has 0 atom stereocenters. The molecule has 2 aromatic carbocycles. The van der Waals surface area contributed by atoms with Crippen LogP contribution in [0.3, 0.4) is 0 Å². The van der Waals surface area contributed by atoms with Gasteiger partial charge >= 0.3 is 0 Å². The fourth-order valence-corrected chi connectivity index (χ4v) is 6.23. The van der Waals surface area contributed by atoms with Crippen LogP contribution in [0.25, 0.3) is 0 Å². The Morgan fingerprint density at radius 1 is 0.644 bits per heavy atom. The molecule has 2 aliphatic rings. The van der Waals surface area contributed by atoms with Crippen molar-refractivity contribution < 1.29 is 33.0 Å². The third-order valence-electron chi connectivity index (χ3n) is 8.63. The average Bonchev–Trinajstić information content (AvgIpc) is 3.38. The minimum absolute atomic E-state index is 0.137. The molecule has 0 amide bonds. The number of nitrogens with zero attached hydrogens (tertiary/aromatic N) is 2. The van der Waals surface area contributed by atoms with E-state index in [1.165, 1.54) is 33.9 Å². The standard InChI is InChI=1S/C37H53N2O6/c1-36(2)30-12-7-9-14-32(30)38(18-20-42-26-28-44-24-22-40-5)34(36)16-11-17-35-37(3,4)31-13-8-10-15-33(31)39(35)19-21-43-27-29-45-25-23-41-6/h7-17H,18-29H2,1-6H3/q+1. The summed E-state index contributed by atoms with van der Waals surface area (Å²) < 4.78 is 35.5. The highest BCUT2D eigenvalue weighted by Gasteiger charge is 2.44.